The molecule has 0 atom stereocenters. The third kappa shape index (κ3) is 3.53. The molecule has 90 valence electrons. The van der Waals surface area contributed by atoms with E-state index in [0.717, 1.165) is 13.1 Å². The molecule has 0 amide bonds. The maximum atomic E-state index is 3.24. The van der Waals surface area contributed by atoms with Crippen molar-refractivity contribution < 1.29 is 0 Å². The van der Waals surface area contributed by atoms with Gasteiger partial charge in [0.15, 0.2) is 0 Å². The van der Waals surface area contributed by atoms with E-state index in [2.05, 4.69) is 49.3 Å². The average molecular weight is 220 g/mol. The van der Waals surface area contributed by atoms with Gasteiger partial charge in [0.1, 0.15) is 0 Å². The van der Waals surface area contributed by atoms with Crippen LogP contribution in [0.3, 0.4) is 0 Å². The molecule has 0 radical (unpaired) electrons. The molecule has 0 saturated carbocycles. The van der Waals surface area contributed by atoms with Crippen LogP contribution in [-0.2, 0) is 6.54 Å². The monoisotopic (exact) mass is 220 g/mol. The first-order valence-corrected chi connectivity index (χ1v) is 6.14. The zero-order chi connectivity index (χ0) is 12.0. The van der Waals surface area contributed by atoms with E-state index in [-0.39, 0.29) is 0 Å². The summed E-state index contributed by atoms with van der Waals surface area (Å²) < 4.78 is 0. The molecule has 0 aliphatic rings. The summed E-state index contributed by atoms with van der Waals surface area (Å²) in [5, 5.41) is 3.24. The fourth-order valence-electron chi connectivity index (χ4n) is 1.93. The van der Waals surface area contributed by atoms with E-state index >= 15 is 0 Å². The highest BCUT2D eigenvalue weighted by molar-refractivity contribution is 5.54. The minimum Gasteiger partial charge on any atom is -0.374 e. The molecule has 0 bridgehead atoms. The highest BCUT2D eigenvalue weighted by atomic mass is 15.1. The Morgan fingerprint density at radius 1 is 1.31 bits per heavy atom. The molecule has 1 N–H and O–H groups in total. The van der Waals surface area contributed by atoms with E-state index in [1.165, 1.54) is 29.7 Å². The van der Waals surface area contributed by atoms with E-state index in [9.17, 15) is 0 Å². The Balaban J connectivity index is 2.84. The predicted molar refractivity (Wildman–Crippen MR) is 72.1 cm³/mol. The van der Waals surface area contributed by atoms with Crippen LogP contribution in [0.15, 0.2) is 18.2 Å². The Morgan fingerprint density at radius 2 is 2.06 bits per heavy atom. The lowest BCUT2D eigenvalue weighted by molar-refractivity contribution is 0.754. The molecule has 0 heterocycles. The molecule has 0 aliphatic carbocycles. The quantitative estimate of drug-likeness (QED) is 0.793. The minimum atomic E-state index is 0.938. The molecule has 0 unspecified atom stereocenters. The Labute approximate surface area is 99.7 Å². The number of nitrogens with zero attached hydrogens (tertiary/aromatic N) is 1. The molecular weight excluding hydrogens is 196 g/mol. The first kappa shape index (κ1) is 13.0. The van der Waals surface area contributed by atoms with Crippen LogP contribution < -0.4 is 10.2 Å². The second-order valence-corrected chi connectivity index (χ2v) is 4.44. The average Bonchev–Trinajstić information content (AvgIpc) is 2.26. The smallest absolute Gasteiger partial charge is 0.0409 e. The van der Waals surface area contributed by atoms with E-state index in [4.69, 9.17) is 0 Å². The fourth-order valence-corrected chi connectivity index (χ4v) is 1.93. The Kier molecular flexibility index (Phi) is 5.33. The number of rotatable bonds is 6. The van der Waals surface area contributed by atoms with Crippen molar-refractivity contribution in [2.24, 2.45) is 0 Å². The number of anilines is 1. The van der Waals surface area contributed by atoms with Gasteiger partial charge in [-0.05, 0) is 32.0 Å². The molecule has 2 heteroatoms. The molecule has 1 aromatic rings. The maximum absolute atomic E-state index is 3.24. The van der Waals surface area contributed by atoms with Gasteiger partial charge in [-0.1, -0.05) is 31.0 Å². The molecular formula is C14H24N2. The topological polar surface area (TPSA) is 15.3 Å². The van der Waals surface area contributed by atoms with Crippen LogP contribution in [0.1, 0.15) is 30.9 Å². The summed E-state index contributed by atoms with van der Waals surface area (Å²) in [6.45, 7) is 6.45. The summed E-state index contributed by atoms with van der Waals surface area (Å²) in [6, 6.07) is 6.70. The minimum absolute atomic E-state index is 0.938. The largest absolute Gasteiger partial charge is 0.374 e. The van der Waals surface area contributed by atoms with Crippen LogP contribution in [0.4, 0.5) is 5.69 Å². The number of hydrogen-bond acceptors (Lipinski definition) is 2. The van der Waals surface area contributed by atoms with Gasteiger partial charge in [-0.15, -0.1) is 0 Å². The molecule has 0 fully saturated rings. The summed E-state index contributed by atoms with van der Waals surface area (Å²) >= 11 is 0. The summed E-state index contributed by atoms with van der Waals surface area (Å²) in [5.74, 6) is 0. The van der Waals surface area contributed by atoms with Crippen LogP contribution in [-0.4, -0.2) is 20.6 Å². The van der Waals surface area contributed by atoms with Crippen molar-refractivity contribution in [3.05, 3.63) is 29.3 Å². The lowest BCUT2D eigenvalue weighted by Crippen LogP contribution is -2.21. The number of benzene rings is 1. The SMILES string of the molecule is CCCCN(C)c1ccc(C)cc1CNC. The summed E-state index contributed by atoms with van der Waals surface area (Å²) in [6.07, 6.45) is 2.50. The molecule has 0 spiro atoms. The van der Waals surface area contributed by atoms with E-state index in [1.807, 2.05) is 7.05 Å². The Bertz CT molecular complexity index is 321. The van der Waals surface area contributed by atoms with Gasteiger partial charge in [0.2, 0.25) is 0 Å². The fraction of sp³-hybridized carbons (Fsp3) is 0.571. The van der Waals surface area contributed by atoms with Crippen LogP contribution >= 0.6 is 0 Å². The molecule has 16 heavy (non-hydrogen) atoms. The van der Waals surface area contributed by atoms with E-state index < -0.39 is 0 Å². The van der Waals surface area contributed by atoms with E-state index in [1.54, 1.807) is 0 Å². The van der Waals surface area contributed by atoms with Crippen molar-refractivity contribution in [2.75, 3.05) is 25.5 Å². The molecule has 1 rings (SSSR count). The highest BCUT2D eigenvalue weighted by Crippen LogP contribution is 2.21. The second kappa shape index (κ2) is 6.54. The standard InChI is InChI=1S/C14H24N2/c1-5-6-9-16(4)14-8-7-12(2)10-13(14)11-15-3/h7-8,10,15H,5-6,9,11H2,1-4H3. The van der Waals surface area contributed by atoms with Gasteiger partial charge in [0, 0.05) is 25.8 Å². The summed E-state index contributed by atoms with van der Waals surface area (Å²) in [7, 11) is 4.18. The lowest BCUT2D eigenvalue weighted by Gasteiger charge is -2.22. The zero-order valence-electron chi connectivity index (χ0n) is 11.0. The number of hydrogen-bond donors (Lipinski definition) is 1. The predicted octanol–water partition coefficient (Wildman–Crippen LogP) is 2.95. The normalized spacial score (nSPS) is 10.5. The number of nitrogens with one attached hydrogen (secondary N) is 1. The van der Waals surface area contributed by atoms with Crippen molar-refractivity contribution in [1.82, 2.24) is 5.32 Å². The van der Waals surface area contributed by atoms with Crippen LogP contribution in [0.2, 0.25) is 0 Å². The highest BCUT2D eigenvalue weighted by Gasteiger charge is 2.06. The van der Waals surface area contributed by atoms with Crippen molar-refractivity contribution in [3.63, 3.8) is 0 Å². The van der Waals surface area contributed by atoms with Crippen LogP contribution in [0.5, 0.6) is 0 Å². The van der Waals surface area contributed by atoms with E-state index in [0.29, 0.717) is 0 Å². The molecule has 1 aromatic carbocycles. The molecule has 0 saturated heterocycles. The first-order chi connectivity index (χ1) is 7.69. The van der Waals surface area contributed by atoms with Crippen molar-refractivity contribution in [3.8, 4) is 0 Å². The first-order valence-electron chi connectivity index (χ1n) is 6.14. The number of unbranched alkanes of at least 4 members (excludes halogenated alkanes) is 1. The van der Waals surface area contributed by atoms with Gasteiger partial charge in [-0.2, -0.15) is 0 Å². The van der Waals surface area contributed by atoms with Crippen molar-refractivity contribution in [2.45, 2.75) is 33.2 Å². The van der Waals surface area contributed by atoms with Gasteiger partial charge < -0.3 is 10.2 Å². The van der Waals surface area contributed by atoms with Gasteiger partial charge in [-0.25, -0.2) is 0 Å². The molecule has 0 aliphatic heterocycles. The maximum Gasteiger partial charge on any atom is 0.0409 e. The molecule has 2 nitrogen and oxygen atoms in total. The molecule has 0 aromatic heterocycles. The third-order valence-corrected chi connectivity index (χ3v) is 2.86. The second-order valence-electron chi connectivity index (χ2n) is 4.44. The van der Waals surface area contributed by atoms with Gasteiger partial charge >= 0.3 is 0 Å². The van der Waals surface area contributed by atoms with Crippen molar-refractivity contribution in [1.29, 1.82) is 0 Å². The third-order valence-electron chi connectivity index (χ3n) is 2.86. The summed E-state index contributed by atoms with van der Waals surface area (Å²) in [4.78, 5) is 2.36. The lowest BCUT2D eigenvalue weighted by atomic mass is 10.1. The Hall–Kier alpha value is -1.02. The van der Waals surface area contributed by atoms with Crippen LogP contribution in [0, 0.1) is 6.92 Å². The van der Waals surface area contributed by atoms with Gasteiger partial charge in [0.25, 0.3) is 0 Å². The van der Waals surface area contributed by atoms with Crippen LogP contribution in [0.25, 0.3) is 0 Å². The Morgan fingerprint density at radius 3 is 2.69 bits per heavy atom. The van der Waals surface area contributed by atoms with Crippen molar-refractivity contribution >= 4 is 5.69 Å². The zero-order valence-corrected chi connectivity index (χ0v) is 11.0. The van der Waals surface area contributed by atoms with Gasteiger partial charge in [-0.3, -0.25) is 0 Å². The number of aryl methyl sites for hydroxylation is 1. The summed E-state index contributed by atoms with van der Waals surface area (Å²) in [5.41, 5.74) is 4.08. The van der Waals surface area contributed by atoms with Gasteiger partial charge in [0.05, 0.1) is 0 Å².